The van der Waals surface area contributed by atoms with Crippen molar-refractivity contribution in [3.05, 3.63) is 40.9 Å². The normalized spacial score (nSPS) is 10.0. The molecule has 70 valence electrons. The van der Waals surface area contributed by atoms with Crippen LogP contribution in [0.4, 0.5) is 0 Å². The molecule has 0 fully saturated rings. The molecule has 1 N–H and O–H groups in total. The van der Waals surface area contributed by atoms with Crippen molar-refractivity contribution < 1.29 is 0 Å². The molecule has 0 atom stereocenters. The summed E-state index contributed by atoms with van der Waals surface area (Å²) in [6.07, 6.45) is 1.76. The van der Waals surface area contributed by atoms with Crippen LogP contribution in [0.1, 0.15) is 18.1 Å². The molecule has 0 saturated carbocycles. The summed E-state index contributed by atoms with van der Waals surface area (Å²) in [4.78, 5) is 0. The molecule has 0 unspecified atom stereocenters. The molecule has 0 aliphatic rings. The predicted molar refractivity (Wildman–Crippen MR) is 58.9 cm³/mol. The van der Waals surface area contributed by atoms with Crippen molar-refractivity contribution in [3.63, 3.8) is 0 Å². The molecule has 0 bridgehead atoms. The van der Waals surface area contributed by atoms with E-state index in [1.54, 1.807) is 6.08 Å². The standard InChI is InChI=1S/C11H14ClN/c1-3-10-6-5-9(7-11(10)12)8-13-4-2/h3,5-7,13H,1,4,8H2,2H3. The van der Waals surface area contributed by atoms with Gasteiger partial charge in [-0.2, -0.15) is 0 Å². The molecule has 0 saturated heterocycles. The molecule has 0 heterocycles. The van der Waals surface area contributed by atoms with E-state index in [0.29, 0.717) is 0 Å². The summed E-state index contributed by atoms with van der Waals surface area (Å²) in [6, 6.07) is 6.02. The van der Waals surface area contributed by atoms with Crippen LogP contribution >= 0.6 is 11.6 Å². The predicted octanol–water partition coefficient (Wildman–Crippen LogP) is 3.09. The van der Waals surface area contributed by atoms with Crippen LogP contribution < -0.4 is 5.32 Å². The lowest BCUT2D eigenvalue weighted by Crippen LogP contribution is -2.11. The number of halogens is 1. The molecule has 2 heteroatoms. The van der Waals surface area contributed by atoms with Crippen molar-refractivity contribution in [3.8, 4) is 0 Å². The zero-order valence-corrected chi connectivity index (χ0v) is 8.56. The summed E-state index contributed by atoms with van der Waals surface area (Å²) < 4.78 is 0. The van der Waals surface area contributed by atoms with Gasteiger partial charge in [0.05, 0.1) is 0 Å². The second-order valence-corrected chi connectivity index (χ2v) is 3.25. The van der Waals surface area contributed by atoms with Crippen molar-refractivity contribution in [2.45, 2.75) is 13.5 Å². The fraction of sp³-hybridized carbons (Fsp3) is 0.273. The minimum atomic E-state index is 0.769. The first kappa shape index (κ1) is 10.3. The fourth-order valence-corrected chi connectivity index (χ4v) is 1.40. The van der Waals surface area contributed by atoms with Gasteiger partial charge in [-0.05, 0) is 23.7 Å². The van der Waals surface area contributed by atoms with Gasteiger partial charge in [0, 0.05) is 11.6 Å². The van der Waals surface area contributed by atoms with Crippen LogP contribution in [0.25, 0.3) is 6.08 Å². The zero-order chi connectivity index (χ0) is 9.68. The van der Waals surface area contributed by atoms with Crippen LogP contribution in [0, 0.1) is 0 Å². The average molecular weight is 196 g/mol. The molecule has 0 aromatic heterocycles. The second kappa shape index (κ2) is 5.05. The number of benzene rings is 1. The van der Waals surface area contributed by atoms with Gasteiger partial charge in [0.25, 0.3) is 0 Å². The largest absolute Gasteiger partial charge is 0.313 e. The van der Waals surface area contributed by atoms with Crippen LogP contribution in [0.2, 0.25) is 5.02 Å². The smallest absolute Gasteiger partial charge is 0.0481 e. The Bertz CT molecular complexity index is 294. The molecule has 0 amide bonds. The first-order chi connectivity index (χ1) is 6.27. The molecule has 0 aliphatic carbocycles. The van der Waals surface area contributed by atoms with Gasteiger partial charge < -0.3 is 5.32 Å². The maximum absolute atomic E-state index is 6.01. The van der Waals surface area contributed by atoms with Crippen molar-refractivity contribution in [2.24, 2.45) is 0 Å². The van der Waals surface area contributed by atoms with E-state index in [-0.39, 0.29) is 0 Å². The van der Waals surface area contributed by atoms with Gasteiger partial charge in [-0.1, -0.05) is 43.3 Å². The highest BCUT2D eigenvalue weighted by molar-refractivity contribution is 6.32. The van der Waals surface area contributed by atoms with Gasteiger partial charge in [0.15, 0.2) is 0 Å². The third kappa shape index (κ3) is 2.87. The maximum atomic E-state index is 6.01. The molecule has 0 spiro atoms. The molecule has 0 aliphatic heterocycles. The summed E-state index contributed by atoms with van der Waals surface area (Å²) in [5.41, 5.74) is 2.19. The van der Waals surface area contributed by atoms with Crippen molar-refractivity contribution in [1.82, 2.24) is 5.32 Å². The number of hydrogen-bond donors (Lipinski definition) is 1. The molecule has 1 aromatic rings. The first-order valence-electron chi connectivity index (χ1n) is 4.39. The van der Waals surface area contributed by atoms with Crippen molar-refractivity contribution in [1.29, 1.82) is 0 Å². The van der Waals surface area contributed by atoms with Gasteiger partial charge in [0.1, 0.15) is 0 Å². The lowest BCUT2D eigenvalue weighted by molar-refractivity contribution is 0.727. The Kier molecular flexibility index (Phi) is 4.00. The van der Waals surface area contributed by atoms with Gasteiger partial charge in [-0.3, -0.25) is 0 Å². The van der Waals surface area contributed by atoms with E-state index in [2.05, 4.69) is 24.9 Å². The SMILES string of the molecule is C=Cc1ccc(CNCC)cc1Cl. The lowest BCUT2D eigenvalue weighted by Gasteiger charge is -2.04. The highest BCUT2D eigenvalue weighted by atomic mass is 35.5. The molecule has 1 rings (SSSR count). The molecule has 1 nitrogen and oxygen atoms in total. The topological polar surface area (TPSA) is 12.0 Å². The van der Waals surface area contributed by atoms with E-state index in [1.165, 1.54) is 5.56 Å². The van der Waals surface area contributed by atoms with Crippen molar-refractivity contribution in [2.75, 3.05) is 6.54 Å². The van der Waals surface area contributed by atoms with Crippen LogP contribution in [0.3, 0.4) is 0 Å². The van der Waals surface area contributed by atoms with Crippen LogP contribution in [0.5, 0.6) is 0 Å². The van der Waals surface area contributed by atoms with Gasteiger partial charge in [0.2, 0.25) is 0 Å². The average Bonchev–Trinajstić information content (AvgIpc) is 2.15. The Morgan fingerprint density at radius 3 is 2.85 bits per heavy atom. The quantitative estimate of drug-likeness (QED) is 0.779. The second-order valence-electron chi connectivity index (χ2n) is 2.84. The minimum absolute atomic E-state index is 0.769. The van der Waals surface area contributed by atoms with Gasteiger partial charge in [-0.15, -0.1) is 0 Å². The summed E-state index contributed by atoms with van der Waals surface area (Å²) in [6.45, 7) is 7.61. The number of nitrogens with one attached hydrogen (secondary N) is 1. The van der Waals surface area contributed by atoms with E-state index in [4.69, 9.17) is 11.6 Å². The summed E-state index contributed by atoms with van der Waals surface area (Å²) in [5, 5.41) is 4.01. The van der Waals surface area contributed by atoms with E-state index >= 15 is 0 Å². The van der Waals surface area contributed by atoms with Gasteiger partial charge >= 0.3 is 0 Å². The van der Waals surface area contributed by atoms with Crippen LogP contribution in [-0.4, -0.2) is 6.54 Å². The van der Waals surface area contributed by atoms with E-state index < -0.39 is 0 Å². The number of hydrogen-bond acceptors (Lipinski definition) is 1. The fourth-order valence-electron chi connectivity index (χ4n) is 1.12. The first-order valence-corrected chi connectivity index (χ1v) is 4.77. The van der Waals surface area contributed by atoms with E-state index in [9.17, 15) is 0 Å². The Morgan fingerprint density at radius 2 is 2.31 bits per heavy atom. The van der Waals surface area contributed by atoms with Gasteiger partial charge in [-0.25, -0.2) is 0 Å². The van der Waals surface area contributed by atoms with Crippen molar-refractivity contribution >= 4 is 17.7 Å². The minimum Gasteiger partial charge on any atom is -0.313 e. The zero-order valence-electron chi connectivity index (χ0n) is 7.81. The van der Waals surface area contributed by atoms with Crippen LogP contribution in [0.15, 0.2) is 24.8 Å². The third-order valence-electron chi connectivity index (χ3n) is 1.86. The molecule has 1 aromatic carbocycles. The Labute approximate surface area is 84.4 Å². The highest BCUT2D eigenvalue weighted by Crippen LogP contribution is 2.18. The Morgan fingerprint density at radius 1 is 1.54 bits per heavy atom. The summed E-state index contributed by atoms with van der Waals surface area (Å²) in [7, 11) is 0. The molecular formula is C11H14ClN. The van der Waals surface area contributed by atoms with Crippen LogP contribution in [-0.2, 0) is 6.54 Å². The monoisotopic (exact) mass is 195 g/mol. The van der Waals surface area contributed by atoms with E-state index in [0.717, 1.165) is 23.7 Å². The number of rotatable bonds is 4. The summed E-state index contributed by atoms with van der Waals surface area (Å²) >= 11 is 6.01. The molecule has 13 heavy (non-hydrogen) atoms. The maximum Gasteiger partial charge on any atom is 0.0481 e. The lowest BCUT2D eigenvalue weighted by atomic mass is 10.1. The molecular weight excluding hydrogens is 182 g/mol. The summed E-state index contributed by atoms with van der Waals surface area (Å²) in [5.74, 6) is 0. The Hall–Kier alpha value is -0.790. The third-order valence-corrected chi connectivity index (χ3v) is 2.19. The Balaban J connectivity index is 2.77. The highest BCUT2D eigenvalue weighted by Gasteiger charge is 1.97. The molecule has 0 radical (unpaired) electrons. The van der Waals surface area contributed by atoms with E-state index in [1.807, 2.05) is 12.1 Å².